The lowest BCUT2D eigenvalue weighted by atomic mass is 9.93. The normalized spacial score (nSPS) is 20.0. The molecule has 28 heavy (non-hydrogen) atoms. The molecule has 0 saturated carbocycles. The van der Waals surface area contributed by atoms with Crippen LogP contribution in [0.5, 0.6) is 0 Å². The third-order valence-electron chi connectivity index (χ3n) is 5.20. The van der Waals surface area contributed by atoms with Gasteiger partial charge >= 0.3 is 12.1 Å². The Hall–Kier alpha value is -3.07. The number of aromatic nitrogens is 2. The van der Waals surface area contributed by atoms with Crippen LogP contribution in [0.1, 0.15) is 18.2 Å². The number of carbonyl (C=O) groups is 2. The maximum atomic E-state index is 13.3. The highest BCUT2D eigenvalue weighted by Crippen LogP contribution is 2.34. The first-order chi connectivity index (χ1) is 13.3. The molecule has 4 rings (SSSR count). The van der Waals surface area contributed by atoms with Crippen LogP contribution >= 0.6 is 11.6 Å². The zero-order valence-electron chi connectivity index (χ0n) is 14.8. The Balaban J connectivity index is 2.01. The molecule has 0 spiro atoms. The van der Waals surface area contributed by atoms with Crippen molar-refractivity contribution in [3.05, 3.63) is 39.3 Å². The van der Waals surface area contributed by atoms with E-state index in [0.29, 0.717) is 27.2 Å². The van der Waals surface area contributed by atoms with Crippen LogP contribution in [0.15, 0.2) is 27.5 Å². The zero-order chi connectivity index (χ0) is 20.2. The number of hydrogen-bond acceptors (Lipinski definition) is 5. The number of nitrogens with zero attached hydrogens (tertiary/aromatic N) is 3. The van der Waals surface area contributed by atoms with Crippen LogP contribution < -0.4 is 5.56 Å². The Morgan fingerprint density at radius 2 is 2.00 bits per heavy atom. The Kier molecular flexibility index (Phi) is 4.26. The topological polar surface area (TPSA) is 126 Å². The van der Waals surface area contributed by atoms with E-state index in [1.165, 1.54) is 4.57 Å². The molecule has 1 aliphatic rings. The van der Waals surface area contributed by atoms with E-state index in [4.69, 9.17) is 16.1 Å². The first-order valence-electron chi connectivity index (χ1n) is 8.59. The Bertz CT molecular complexity index is 1160. The number of aryl methyl sites for hydroxylation is 1. The fraction of sp³-hybridized carbons (Fsp3) is 0.333. The van der Waals surface area contributed by atoms with Gasteiger partial charge in [-0.05, 0) is 25.5 Å². The minimum atomic E-state index is -1.23. The van der Waals surface area contributed by atoms with Gasteiger partial charge in [0, 0.05) is 18.5 Å². The van der Waals surface area contributed by atoms with Crippen molar-refractivity contribution in [2.45, 2.75) is 19.4 Å². The number of pyridine rings is 1. The van der Waals surface area contributed by atoms with Crippen LogP contribution in [0, 0.1) is 12.8 Å². The van der Waals surface area contributed by atoms with Crippen molar-refractivity contribution >= 4 is 45.5 Å². The zero-order valence-corrected chi connectivity index (χ0v) is 15.5. The van der Waals surface area contributed by atoms with Crippen LogP contribution in [0.2, 0.25) is 5.02 Å². The predicted molar refractivity (Wildman–Crippen MR) is 99.9 cm³/mol. The average Bonchev–Trinajstić information content (AvgIpc) is 3.03. The minimum Gasteiger partial charge on any atom is -0.481 e. The Morgan fingerprint density at radius 1 is 1.25 bits per heavy atom. The molecule has 1 aliphatic heterocycles. The first kappa shape index (κ1) is 18.3. The summed E-state index contributed by atoms with van der Waals surface area (Å²) < 4.78 is 6.63. The fourth-order valence-corrected chi connectivity index (χ4v) is 4.19. The van der Waals surface area contributed by atoms with Gasteiger partial charge in [-0.1, -0.05) is 22.8 Å². The summed E-state index contributed by atoms with van der Waals surface area (Å²) in [6, 6.07) is 4.35. The molecule has 2 atom stereocenters. The van der Waals surface area contributed by atoms with Crippen LogP contribution in [-0.2, 0) is 4.79 Å². The number of hydrogen-bond donors (Lipinski definition) is 2. The van der Waals surface area contributed by atoms with Gasteiger partial charge in [-0.2, -0.15) is 0 Å². The van der Waals surface area contributed by atoms with Gasteiger partial charge in [-0.25, -0.2) is 4.79 Å². The second kappa shape index (κ2) is 6.52. The van der Waals surface area contributed by atoms with Crippen molar-refractivity contribution in [3.63, 3.8) is 0 Å². The Labute approximate surface area is 162 Å². The van der Waals surface area contributed by atoms with E-state index in [-0.39, 0.29) is 24.9 Å². The summed E-state index contributed by atoms with van der Waals surface area (Å²) in [5, 5.41) is 24.0. The average molecular weight is 406 g/mol. The van der Waals surface area contributed by atoms with Crippen LogP contribution in [0.3, 0.4) is 0 Å². The van der Waals surface area contributed by atoms with Crippen molar-refractivity contribution in [3.8, 4) is 0 Å². The fourth-order valence-electron chi connectivity index (χ4n) is 3.93. The highest BCUT2D eigenvalue weighted by molar-refractivity contribution is 6.37. The molecule has 1 amide bonds. The maximum Gasteiger partial charge on any atom is 0.407 e. The number of halogens is 1. The highest BCUT2D eigenvalue weighted by atomic mass is 35.5. The first-order valence-corrected chi connectivity index (χ1v) is 8.96. The molecule has 0 aliphatic carbocycles. The molecule has 1 saturated heterocycles. The molecule has 146 valence electrons. The molecule has 2 N–H and O–H groups in total. The SMILES string of the molecule is Cc1onc2c1c(=O)n(C1CC(C(=O)O)CN(C(=O)O)C1)c1cccc(Cl)c21. The third kappa shape index (κ3) is 2.70. The number of carboxylic acid groups (broad SMARTS) is 2. The third-order valence-corrected chi connectivity index (χ3v) is 5.51. The lowest BCUT2D eigenvalue weighted by Gasteiger charge is -2.35. The van der Waals surface area contributed by atoms with E-state index in [1.807, 2.05) is 0 Å². The van der Waals surface area contributed by atoms with Crippen molar-refractivity contribution in [2.75, 3.05) is 13.1 Å². The van der Waals surface area contributed by atoms with Crippen LogP contribution in [-0.4, -0.2) is 50.0 Å². The Morgan fingerprint density at radius 3 is 2.68 bits per heavy atom. The molecule has 1 fully saturated rings. The molecule has 3 aromatic rings. The van der Waals surface area contributed by atoms with Gasteiger partial charge in [0.15, 0.2) is 0 Å². The predicted octanol–water partition coefficient (Wildman–Crippen LogP) is 2.73. The number of carboxylic acids is 1. The molecule has 0 radical (unpaired) electrons. The lowest BCUT2D eigenvalue weighted by molar-refractivity contribution is -0.143. The number of piperidine rings is 1. The van der Waals surface area contributed by atoms with Crippen molar-refractivity contribution in [1.29, 1.82) is 0 Å². The quantitative estimate of drug-likeness (QED) is 0.671. The monoisotopic (exact) mass is 405 g/mol. The largest absolute Gasteiger partial charge is 0.481 e. The summed E-state index contributed by atoms with van der Waals surface area (Å²) in [5.41, 5.74) is 0.379. The number of fused-ring (bicyclic) bond motifs is 3. The molecular formula is C18H16ClN3O6. The minimum absolute atomic E-state index is 0.00350. The molecular weight excluding hydrogens is 390 g/mol. The molecule has 1 aromatic carbocycles. The maximum absolute atomic E-state index is 13.3. The van der Waals surface area contributed by atoms with Crippen molar-refractivity contribution < 1.29 is 24.3 Å². The number of aliphatic carboxylic acids is 1. The summed E-state index contributed by atoms with van der Waals surface area (Å²) in [6.45, 7) is 1.48. The molecule has 2 unspecified atom stereocenters. The van der Waals surface area contributed by atoms with Gasteiger partial charge in [-0.15, -0.1) is 0 Å². The molecule has 0 bridgehead atoms. The van der Waals surface area contributed by atoms with Crippen molar-refractivity contribution in [2.24, 2.45) is 5.92 Å². The van der Waals surface area contributed by atoms with Gasteiger partial charge in [0.25, 0.3) is 5.56 Å². The molecule has 10 heteroatoms. The summed E-state index contributed by atoms with van der Waals surface area (Å²) in [5.74, 6) is -1.71. The number of likely N-dealkylation sites (tertiary alicyclic amines) is 1. The van der Waals surface area contributed by atoms with Gasteiger partial charge in [0.05, 0.1) is 22.5 Å². The van der Waals surface area contributed by atoms with E-state index in [2.05, 4.69) is 5.16 Å². The number of benzene rings is 1. The molecule has 3 heterocycles. The second-order valence-corrected chi connectivity index (χ2v) is 7.29. The van der Waals surface area contributed by atoms with Crippen LogP contribution in [0.4, 0.5) is 4.79 Å². The molecule has 2 aromatic heterocycles. The summed E-state index contributed by atoms with van der Waals surface area (Å²) in [6.07, 6.45) is -1.11. The summed E-state index contributed by atoms with van der Waals surface area (Å²) in [4.78, 5) is 37.4. The smallest absolute Gasteiger partial charge is 0.407 e. The van der Waals surface area contributed by atoms with Gasteiger partial charge in [-0.3, -0.25) is 9.59 Å². The van der Waals surface area contributed by atoms with E-state index in [9.17, 15) is 24.6 Å². The van der Waals surface area contributed by atoms with E-state index in [0.717, 1.165) is 4.90 Å². The second-order valence-electron chi connectivity index (χ2n) is 6.88. The standard InChI is InChI=1S/C18H16ClN3O6/c1-8-13-15(20-28-8)14-11(19)3-2-4-12(14)22(16(13)23)10-5-9(17(24)25)6-21(7-10)18(26)27/h2-4,9-10H,5-7H2,1H3,(H,24,25)(H,26,27). The highest BCUT2D eigenvalue weighted by Gasteiger charge is 2.36. The number of amides is 1. The van der Waals surface area contributed by atoms with Gasteiger partial charge in [0.1, 0.15) is 16.7 Å². The number of rotatable bonds is 2. The molecule has 9 nitrogen and oxygen atoms in total. The van der Waals surface area contributed by atoms with Crippen LogP contribution in [0.25, 0.3) is 21.8 Å². The lowest BCUT2D eigenvalue weighted by Crippen LogP contribution is -2.47. The van der Waals surface area contributed by atoms with E-state index >= 15 is 0 Å². The van der Waals surface area contributed by atoms with Crippen molar-refractivity contribution in [1.82, 2.24) is 14.6 Å². The summed E-state index contributed by atoms with van der Waals surface area (Å²) >= 11 is 6.37. The summed E-state index contributed by atoms with van der Waals surface area (Å²) in [7, 11) is 0. The van der Waals surface area contributed by atoms with Gasteiger partial charge in [0.2, 0.25) is 0 Å². The van der Waals surface area contributed by atoms with E-state index in [1.54, 1.807) is 25.1 Å². The van der Waals surface area contributed by atoms with E-state index < -0.39 is 29.6 Å². The van der Waals surface area contributed by atoms with Gasteiger partial charge < -0.3 is 24.2 Å².